The zero-order valence-corrected chi connectivity index (χ0v) is 23.3. The van der Waals surface area contributed by atoms with E-state index in [0.717, 1.165) is 24.6 Å². The van der Waals surface area contributed by atoms with Crippen molar-refractivity contribution in [2.24, 2.45) is 5.16 Å². The smallest absolute Gasteiger partial charge is 0.435 e. The molecule has 0 fully saturated rings. The first kappa shape index (κ1) is 29.0. The van der Waals surface area contributed by atoms with E-state index in [4.69, 9.17) is 32.8 Å². The van der Waals surface area contributed by atoms with Gasteiger partial charge in [0.1, 0.15) is 0 Å². The number of alkyl carbamates (subject to hydrolysis) is 1. The van der Waals surface area contributed by atoms with E-state index in [2.05, 4.69) is 30.1 Å². The third-order valence-corrected chi connectivity index (χ3v) is 8.13. The Morgan fingerprint density at radius 2 is 1.78 bits per heavy atom. The second-order valence-electron chi connectivity index (χ2n) is 10.1. The molecule has 0 saturated carbocycles. The predicted octanol–water partition coefficient (Wildman–Crippen LogP) is 7.48. The molecule has 2 aromatic rings. The second-order valence-corrected chi connectivity index (χ2v) is 16.6. The molecule has 0 aliphatic carbocycles. The van der Waals surface area contributed by atoms with Gasteiger partial charge in [-0.05, 0) is 54.8 Å². The fourth-order valence-electron chi connectivity index (χ4n) is 3.91. The normalized spacial score (nSPS) is 17.7. The molecule has 0 bridgehead atoms. The largest absolute Gasteiger partial charge is 0.449 e. The van der Waals surface area contributed by atoms with Gasteiger partial charge < -0.3 is 9.57 Å². The maximum Gasteiger partial charge on any atom is 0.435 e. The van der Waals surface area contributed by atoms with Crippen LogP contribution in [0.3, 0.4) is 0 Å². The molecule has 1 heterocycles. The minimum atomic E-state index is -4.82. The van der Waals surface area contributed by atoms with E-state index in [9.17, 15) is 22.8 Å². The van der Waals surface area contributed by atoms with Crippen LogP contribution in [0.25, 0.3) is 0 Å². The predicted molar refractivity (Wildman–Crippen MR) is 139 cm³/mol. The Bertz CT molecular complexity index is 1210. The Morgan fingerprint density at radius 1 is 1.14 bits per heavy atom. The van der Waals surface area contributed by atoms with Crippen molar-refractivity contribution in [3.8, 4) is 0 Å². The van der Waals surface area contributed by atoms with Crippen LogP contribution in [0.2, 0.25) is 35.7 Å². The number of alkyl halides is 3. The van der Waals surface area contributed by atoms with Gasteiger partial charge in [0.25, 0.3) is 11.5 Å². The molecule has 3 rings (SSSR count). The zero-order chi connectivity index (χ0) is 27.6. The van der Waals surface area contributed by atoms with Gasteiger partial charge in [0.2, 0.25) is 0 Å². The van der Waals surface area contributed by atoms with E-state index < -0.39 is 38.3 Å². The first-order chi connectivity index (χ1) is 17.1. The first-order valence-corrected chi connectivity index (χ1v) is 16.0. The third-order valence-electron chi connectivity index (χ3n) is 5.84. The van der Waals surface area contributed by atoms with Crippen molar-refractivity contribution in [2.75, 3.05) is 6.61 Å². The van der Waals surface area contributed by atoms with Crippen molar-refractivity contribution >= 4 is 49.0 Å². The number of ether oxygens (including phenoxy) is 1. The van der Waals surface area contributed by atoms with Crippen LogP contribution < -0.4 is 5.32 Å². The number of hydrogen-bond acceptors (Lipinski definition) is 5. The lowest BCUT2D eigenvalue weighted by Crippen LogP contribution is -2.42. The van der Waals surface area contributed by atoms with Gasteiger partial charge in [0.15, 0.2) is 0 Å². The number of imide groups is 1. The number of nitrogens with one attached hydrogen (secondary N) is 1. The van der Waals surface area contributed by atoms with E-state index in [0.29, 0.717) is 11.1 Å². The van der Waals surface area contributed by atoms with Gasteiger partial charge in [-0.2, -0.15) is 13.2 Å². The van der Waals surface area contributed by atoms with Crippen molar-refractivity contribution in [3.63, 3.8) is 0 Å². The molecular weight excluding hydrogens is 548 g/mol. The number of rotatable bonds is 7. The SMILES string of the molecule is Cc1cc(C2=NOC(c3cc(Cl)cc(Cl)c3)(C(F)(F)F)C2)ccc1C(=O)NC(=O)OCCC[Si](C)(C)C. The monoisotopic (exact) mass is 574 g/mol. The lowest BCUT2D eigenvalue weighted by atomic mass is 9.86. The fourth-order valence-corrected chi connectivity index (χ4v) is 5.64. The van der Waals surface area contributed by atoms with Crippen molar-refractivity contribution in [2.45, 2.75) is 57.2 Å². The summed E-state index contributed by atoms with van der Waals surface area (Å²) >= 11 is 11.9. The molecule has 1 aliphatic heterocycles. The molecule has 0 aromatic heterocycles. The van der Waals surface area contributed by atoms with Crippen molar-refractivity contribution in [1.29, 1.82) is 0 Å². The molecule has 2 amide bonds. The number of carbonyl (C=O) groups excluding carboxylic acids is 2. The summed E-state index contributed by atoms with van der Waals surface area (Å²) in [4.78, 5) is 29.5. The van der Waals surface area contributed by atoms with E-state index in [-0.39, 0.29) is 33.5 Å². The summed E-state index contributed by atoms with van der Waals surface area (Å²) < 4.78 is 47.7. The average Bonchev–Trinajstić information content (AvgIpc) is 3.22. The standard InChI is InChI=1S/C25H27Cl2F3N2O4Si/c1-15-10-16(6-7-20(15)22(33)31-23(34)35-8-5-9-37(2,3)4)21-14-24(36-32-21,25(28,29)30)17-11-18(26)13-19(27)12-17/h6-7,10-13H,5,8-9,14H2,1-4H3,(H,31,33,34). The molecule has 12 heteroatoms. The number of nitrogens with zero attached hydrogens (tertiary/aromatic N) is 1. The van der Waals surface area contributed by atoms with Crippen LogP contribution in [-0.2, 0) is 15.2 Å². The highest BCUT2D eigenvalue weighted by atomic mass is 35.5. The highest BCUT2D eigenvalue weighted by Crippen LogP contribution is 2.49. The number of oxime groups is 1. The Morgan fingerprint density at radius 3 is 2.35 bits per heavy atom. The van der Waals surface area contributed by atoms with Gasteiger partial charge in [-0.25, -0.2) is 4.79 Å². The number of amides is 2. The summed E-state index contributed by atoms with van der Waals surface area (Å²) in [6.45, 7) is 8.44. The minimum absolute atomic E-state index is 0.0314. The van der Waals surface area contributed by atoms with Crippen molar-refractivity contribution < 1.29 is 32.3 Å². The van der Waals surface area contributed by atoms with Crippen molar-refractivity contribution in [3.05, 3.63) is 68.7 Å². The lowest BCUT2D eigenvalue weighted by molar-refractivity contribution is -0.275. The highest BCUT2D eigenvalue weighted by molar-refractivity contribution is 6.76. The molecule has 6 nitrogen and oxygen atoms in total. The molecule has 1 aliphatic rings. The van der Waals surface area contributed by atoms with E-state index in [1.54, 1.807) is 6.92 Å². The van der Waals surface area contributed by atoms with Crippen LogP contribution >= 0.6 is 23.2 Å². The molecule has 0 radical (unpaired) electrons. The molecule has 2 aromatic carbocycles. The average molecular weight is 575 g/mol. The van der Waals surface area contributed by atoms with Crippen LogP contribution in [-0.4, -0.2) is 38.6 Å². The van der Waals surface area contributed by atoms with Gasteiger partial charge in [-0.1, -0.05) is 60.1 Å². The van der Waals surface area contributed by atoms with Crippen molar-refractivity contribution in [1.82, 2.24) is 5.32 Å². The number of aryl methyl sites for hydroxylation is 1. The number of benzene rings is 2. The third kappa shape index (κ3) is 7.06. The highest BCUT2D eigenvalue weighted by Gasteiger charge is 2.62. The summed E-state index contributed by atoms with van der Waals surface area (Å²) in [5.74, 6) is -0.679. The van der Waals surface area contributed by atoms with Crippen LogP contribution in [0.5, 0.6) is 0 Å². The molecule has 1 N–H and O–H groups in total. The molecular formula is C25H27Cl2F3N2O4Si. The van der Waals surface area contributed by atoms with Crippen LogP contribution in [0.1, 0.15) is 39.9 Å². The number of halogens is 5. The first-order valence-electron chi connectivity index (χ1n) is 11.5. The zero-order valence-electron chi connectivity index (χ0n) is 20.8. The second kappa shape index (κ2) is 11.0. The summed E-state index contributed by atoms with van der Waals surface area (Å²) in [6.07, 6.45) is -5.58. The molecule has 0 spiro atoms. The van der Waals surface area contributed by atoms with Gasteiger partial charge in [-0.15, -0.1) is 0 Å². The quantitative estimate of drug-likeness (QED) is 0.274. The molecule has 200 valence electrons. The van der Waals surface area contributed by atoms with Crippen LogP contribution in [0.4, 0.5) is 18.0 Å². The minimum Gasteiger partial charge on any atom is -0.449 e. The van der Waals surface area contributed by atoms with E-state index in [1.807, 2.05) is 0 Å². The van der Waals surface area contributed by atoms with E-state index in [1.165, 1.54) is 24.3 Å². The Balaban J connectivity index is 1.72. The van der Waals surface area contributed by atoms with Gasteiger partial charge >= 0.3 is 12.3 Å². The van der Waals surface area contributed by atoms with Gasteiger partial charge in [-0.3, -0.25) is 10.1 Å². The summed E-state index contributed by atoms with van der Waals surface area (Å²) in [5.41, 5.74) is -2.06. The fraction of sp³-hybridized carbons (Fsp3) is 0.400. The van der Waals surface area contributed by atoms with E-state index >= 15 is 0 Å². The summed E-state index contributed by atoms with van der Waals surface area (Å²) in [5, 5.41) is 5.96. The summed E-state index contributed by atoms with van der Waals surface area (Å²) in [6, 6.07) is 8.95. The number of hydrogen-bond donors (Lipinski definition) is 1. The Kier molecular flexibility index (Phi) is 8.66. The van der Waals surface area contributed by atoms with Gasteiger partial charge in [0.05, 0.1) is 12.3 Å². The maximum absolute atomic E-state index is 14.2. The van der Waals surface area contributed by atoms with Crippen LogP contribution in [0, 0.1) is 6.92 Å². The van der Waals surface area contributed by atoms with Gasteiger partial charge in [0, 0.05) is 35.7 Å². The topological polar surface area (TPSA) is 77.0 Å². The number of carbonyl (C=O) groups is 2. The molecule has 1 atom stereocenters. The molecule has 0 saturated heterocycles. The molecule has 37 heavy (non-hydrogen) atoms. The van der Waals surface area contributed by atoms with Crippen LogP contribution in [0.15, 0.2) is 41.6 Å². The lowest BCUT2D eigenvalue weighted by Gasteiger charge is -2.29. The summed E-state index contributed by atoms with van der Waals surface area (Å²) in [7, 11) is -1.25. The molecule has 1 unspecified atom stereocenters. The maximum atomic E-state index is 14.2. The Hall–Kier alpha value is -2.56. The Labute approximate surface area is 224 Å².